The van der Waals surface area contributed by atoms with Crippen LogP contribution in [-0.2, 0) is 25.5 Å². The molecule has 6 heteroatoms. The van der Waals surface area contributed by atoms with Gasteiger partial charge < -0.3 is 13.9 Å². The number of carbonyl (C=O) groups is 3. The minimum absolute atomic E-state index is 0.0602. The van der Waals surface area contributed by atoms with Gasteiger partial charge in [0.05, 0.1) is 25.4 Å². The summed E-state index contributed by atoms with van der Waals surface area (Å²) in [6.45, 7) is 6.21. The summed E-state index contributed by atoms with van der Waals surface area (Å²) in [5, 5.41) is 0. The highest BCUT2D eigenvalue weighted by molar-refractivity contribution is 5.77. The van der Waals surface area contributed by atoms with Crippen molar-refractivity contribution in [2.45, 2.75) is 65.7 Å². The van der Waals surface area contributed by atoms with Crippen LogP contribution in [0, 0.1) is 28.6 Å². The van der Waals surface area contributed by atoms with E-state index in [2.05, 4.69) is 13.8 Å². The quantitative estimate of drug-likeness (QED) is 0.475. The Kier molecular flexibility index (Phi) is 6.73. The van der Waals surface area contributed by atoms with Crippen LogP contribution < -0.4 is 0 Å². The first-order valence-corrected chi connectivity index (χ1v) is 11.0. The van der Waals surface area contributed by atoms with Gasteiger partial charge in [0, 0.05) is 12.5 Å². The summed E-state index contributed by atoms with van der Waals surface area (Å²) in [6.07, 6.45) is 8.59. The Balaban J connectivity index is 1.90. The first kappa shape index (κ1) is 22.6. The number of aldehydes is 1. The highest BCUT2D eigenvalue weighted by Crippen LogP contribution is 2.62. The molecule has 0 spiro atoms. The van der Waals surface area contributed by atoms with Crippen LogP contribution in [0.2, 0.25) is 0 Å². The van der Waals surface area contributed by atoms with E-state index in [1.165, 1.54) is 14.0 Å². The third kappa shape index (κ3) is 4.06. The molecule has 0 radical (unpaired) electrons. The van der Waals surface area contributed by atoms with Crippen molar-refractivity contribution >= 4 is 18.2 Å². The van der Waals surface area contributed by atoms with Crippen LogP contribution in [0.5, 0.6) is 0 Å². The fraction of sp³-hybridized carbons (Fsp3) is 0.708. The van der Waals surface area contributed by atoms with E-state index in [9.17, 15) is 14.4 Å². The number of ether oxygens (including phenoxy) is 2. The number of carbonyl (C=O) groups excluding carboxylic acids is 3. The predicted molar refractivity (Wildman–Crippen MR) is 111 cm³/mol. The molecular formula is C24H34O6. The molecule has 5 atom stereocenters. The smallest absolute Gasteiger partial charge is 0.311 e. The molecule has 2 saturated carbocycles. The summed E-state index contributed by atoms with van der Waals surface area (Å²) in [7, 11) is 1.48. The molecule has 0 N–H and O–H groups in total. The van der Waals surface area contributed by atoms with Crippen molar-refractivity contribution in [1.82, 2.24) is 0 Å². The second-order valence-electron chi connectivity index (χ2n) is 9.53. The Bertz CT molecular complexity index is 782. The van der Waals surface area contributed by atoms with Gasteiger partial charge in [-0.15, -0.1) is 0 Å². The molecule has 166 valence electrons. The van der Waals surface area contributed by atoms with E-state index in [4.69, 9.17) is 13.9 Å². The monoisotopic (exact) mass is 418 g/mol. The Morgan fingerprint density at radius 2 is 2.03 bits per heavy atom. The maximum Gasteiger partial charge on any atom is 0.311 e. The summed E-state index contributed by atoms with van der Waals surface area (Å²) in [5.74, 6) is 0.735. The molecule has 2 aliphatic carbocycles. The highest BCUT2D eigenvalue weighted by atomic mass is 16.5. The minimum atomic E-state index is -0.490. The van der Waals surface area contributed by atoms with Crippen molar-refractivity contribution in [2.24, 2.45) is 28.6 Å². The second kappa shape index (κ2) is 8.94. The Hall–Kier alpha value is -2.11. The third-order valence-electron chi connectivity index (χ3n) is 7.98. The van der Waals surface area contributed by atoms with Gasteiger partial charge in [-0.25, -0.2) is 0 Å². The Morgan fingerprint density at radius 3 is 2.70 bits per heavy atom. The number of hydrogen-bond acceptors (Lipinski definition) is 6. The molecule has 1 aromatic heterocycles. The minimum Gasteiger partial charge on any atom is -0.469 e. The van der Waals surface area contributed by atoms with Crippen LogP contribution in [-0.4, -0.2) is 31.9 Å². The Morgan fingerprint density at radius 1 is 1.27 bits per heavy atom. The maximum absolute atomic E-state index is 12.8. The largest absolute Gasteiger partial charge is 0.469 e. The third-order valence-corrected chi connectivity index (χ3v) is 7.98. The SMILES string of the molecule is COC(=O)[C@@]1(C)CCC[C@]2(C)[C@@H](CCc3ccoc3C=O)[C@H](COC(C)=O)CC[C@@H]21. The molecule has 3 rings (SSSR count). The van der Waals surface area contributed by atoms with Gasteiger partial charge in [0.15, 0.2) is 12.0 Å². The van der Waals surface area contributed by atoms with Gasteiger partial charge in [0.25, 0.3) is 0 Å². The topological polar surface area (TPSA) is 82.8 Å². The average Bonchev–Trinajstić information content (AvgIpc) is 3.17. The van der Waals surface area contributed by atoms with Gasteiger partial charge in [0.2, 0.25) is 0 Å². The average molecular weight is 419 g/mol. The van der Waals surface area contributed by atoms with Gasteiger partial charge in [-0.05, 0) is 74.7 Å². The van der Waals surface area contributed by atoms with Crippen molar-refractivity contribution in [3.8, 4) is 0 Å². The number of rotatable bonds is 7. The van der Waals surface area contributed by atoms with Crippen LogP contribution in [0.4, 0.5) is 0 Å². The standard InChI is InChI=1S/C24H34O6/c1-16(26)30-15-18-7-9-21-23(2,11-5-12-24(21,3)22(27)28-4)19(18)8-6-17-10-13-29-20(17)14-25/h10,13-14,18-19,21H,5-9,11-12,15H2,1-4H3/t18-,19-,21-,23+,24-/m0/s1. The molecule has 6 nitrogen and oxygen atoms in total. The van der Waals surface area contributed by atoms with Crippen molar-refractivity contribution in [3.63, 3.8) is 0 Å². The summed E-state index contributed by atoms with van der Waals surface area (Å²) in [6, 6.07) is 1.85. The number of aryl methyl sites for hydroxylation is 1. The van der Waals surface area contributed by atoms with E-state index >= 15 is 0 Å². The molecular weight excluding hydrogens is 384 g/mol. The van der Waals surface area contributed by atoms with Crippen LogP contribution in [0.1, 0.15) is 75.4 Å². The summed E-state index contributed by atoms with van der Waals surface area (Å²) in [5.41, 5.74) is 0.360. The molecule has 1 heterocycles. The molecule has 0 saturated heterocycles. The summed E-state index contributed by atoms with van der Waals surface area (Å²) >= 11 is 0. The van der Waals surface area contributed by atoms with Crippen molar-refractivity contribution in [1.29, 1.82) is 0 Å². The summed E-state index contributed by atoms with van der Waals surface area (Å²) in [4.78, 5) is 35.5. The molecule has 2 aliphatic rings. The maximum atomic E-state index is 12.8. The zero-order valence-electron chi connectivity index (χ0n) is 18.6. The first-order chi connectivity index (χ1) is 14.3. The van der Waals surface area contributed by atoms with Crippen LogP contribution >= 0.6 is 0 Å². The van der Waals surface area contributed by atoms with Crippen molar-refractivity contribution < 1.29 is 28.3 Å². The highest BCUT2D eigenvalue weighted by Gasteiger charge is 2.58. The zero-order chi connectivity index (χ0) is 21.9. The summed E-state index contributed by atoms with van der Waals surface area (Å²) < 4.78 is 15.9. The molecule has 0 aliphatic heterocycles. The van der Waals surface area contributed by atoms with Gasteiger partial charge in [-0.2, -0.15) is 0 Å². The molecule has 30 heavy (non-hydrogen) atoms. The van der Waals surface area contributed by atoms with Crippen LogP contribution in [0.3, 0.4) is 0 Å². The van der Waals surface area contributed by atoms with Gasteiger partial charge in [-0.3, -0.25) is 14.4 Å². The van der Waals surface area contributed by atoms with Crippen molar-refractivity contribution in [2.75, 3.05) is 13.7 Å². The normalized spacial score (nSPS) is 33.4. The van der Waals surface area contributed by atoms with E-state index in [1.54, 1.807) is 6.26 Å². The predicted octanol–water partition coefficient (Wildman–Crippen LogP) is 4.60. The van der Waals surface area contributed by atoms with Crippen LogP contribution in [0.25, 0.3) is 0 Å². The number of furan rings is 1. The van der Waals surface area contributed by atoms with Gasteiger partial charge >= 0.3 is 11.9 Å². The lowest BCUT2D eigenvalue weighted by molar-refractivity contribution is -0.176. The molecule has 2 fully saturated rings. The second-order valence-corrected chi connectivity index (χ2v) is 9.53. The lowest BCUT2D eigenvalue weighted by Crippen LogP contribution is -2.55. The number of fused-ring (bicyclic) bond motifs is 1. The molecule has 1 aromatic rings. The number of hydrogen-bond donors (Lipinski definition) is 0. The van der Waals surface area contributed by atoms with E-state index in [0.29, 0.717) is 12.4 Å². The van der Waals surface area contributed by atoms with Crippen LogP contribution in [0.15, 0.2) is 16.7 Å². The Labute approximate surface area is 178 Å². The number of methoxy groups -OCH3 is 1. The fourth-order valence-electron chi connectivity index (χ4n) is 6.56. The number of esters is 2. The van der Waals surface area contributed by atoms with Crippen molar-refractivity contribution in [3.05, 3.63) is 23.7 Å². The first-order valence-electron chi connectivity index (χ1n) is 11.0. The molecule has 0 amide bonds. The van der Waals surface area contributed by atoms with E-state index in [-0.39, 0.29) is 35.1 Å². The van der Waals surface area contributed by atoms with Gasteiger partial charge in [0.1, 0.15) is 0 Å². The van der Waals surface area contributed by atoms with E-state index in [0.717, 1.165) is 56.8 Å². The lowest BCUT2D eigenvalue weighted by Gasteiger charge is -2.59. The van der Waals surface area contributed by atoms with E-state index < -0.39 is 5.41 Å². The van der Waals surface area contributed by atoms with E-state index in [1.807, 2.05) is 6.07 Å². The molecule has 0 bridgehead atoms. The molecule has 0 aromatic carbocycles. The van der Waals surface area contributed by atoms with Gasteiger partial charge in [-0.1, -0.05) is 13.3 Å². The fourth-order valence-corrected chi connectivity index (χ4v) is 6.56. The lowest BCUT2D eigenvalue weighted by atomic mass is 9.45. The molecule has 0 unspecified atom stereocenters. The zero-order valence-corrected chi connectivity index (χ0v) is 18.6.